The van der Waals surface area contributed by atoms with E-state index in [0.29, 0.717) is 24.4 Å². The van der Waals surface area contributed by atoms with Gasteiger partial charge in [0.2, 0.25) is 5.89 Å². The molecule has 2 bridgehead atoms. The van der Waals surface area contributed by atoms with Gasteiger partial charge < -0.3 is 15.0 Å². The molecule has 0 saturated carbocycles. The number of ether oxygens (including phenoxy) is 1. The number of hydrogen-bond donors (Lipinski definition) is 1. The van der Waals surface area contributed by atoms with Crippen LogP contribution in [-0.4, -0.2) is 71.8 Å². The third-order valence-electron chi connectivity index (χ3n) is 4.53. The highest BCUT2D eigenvalue weighted by Gasteiger charge is 2.34. The molecule has 4 heterocycles. The molecule has 1 amide bonds. The van der Waals surface area contributed by atoms with Crippen LogP contribution in [0.4, 0.5) is 0 Å². The molecule has 3 aliphatic rings. The molecule has 2 N–H and O–H groups in total. The molecule has 8 heteroatoms. The molecule has 0 aromatic carbocycles. The van der Waals surface area contributed by atoms with Crippen LogP contribution in [-0.2, 0) is 11.3 Å². The zero-order valence-electron chi connectivity index (χ0n) is 12.9. The quantitative estimate of drug-likeness (QED) is 0.771. The van der Waals surface area contributed by atoms with Crippen LogP contribution in [0.2, 0.25) is 0 Å². The third kappa shape index (κ3) is 3.45. The Hall–Kier alpha value is -1.51. The molecule has 4 rings (SSSR count). The van der Waals surface area contributed by atoms with E-state index in [1.807, 2.05) is 0 Å². The second kappa shape index (κ2) is 6.72. The lowest BCUT2D eigenvalue weighted by Gasteiger charge is -2.35. The van der Waals surface area contributed by atoms with Crippen molar-refractivity contribution in [3.63, 3.8) is 0 Å². The fraction of sp³-hybridized carbons (Fsp3) is 0.786. The van der Waals surface area contributed by atoms with E-state index in [2.05, 4.69) is 19.9 Å². The van der Waals surface area contributed by atoms with Crippen LogP contribution in [0.3, 0.4) is 0 Å². The Morgan fingerprint density at radius 3 is 3.00 bits per heavy atom. The summed E-state index contributed by atoms with van der Waals surface area (Å²) in [7, 11) is 1.74. The minimum absolute atomic E-state index is 0.0467. The number of hydrogen-bond acceptors (Lipinski definition) is 7. The van der Waals surface area contributed by atoms with Crippen molar-refractivity contribution < 1.29 is 14.1 Å². The molecule has 0 aliphatic carbocycles. The Bertz CT molecular complexity index is 520. The molecule has 2 atom stereocenters. The van der Waals surface area contributed by atoms with Crippen molar-refractivity contribution in [3.05, 3.63) is 11.7 Å². The van der Waals surface area contributed by atoms with Gasteiger partial charge in [0.05, 0.1) is 13.2 Å². The summed E-state index contributed by atoms with van der Waals surface area (Å²) in [6.45, 7) is 5.46. The van der Waals surface area contributed by atoms with Gasteiger partial charge in [0.25, 0.3) is 11.7 Å². The van der Waals surface area contributed by atoms with Crippen molar-refractivity contribution in [1.82, 2.24) is 19.9 Å². The van der Waals surface area contributed by atoms with Crippen LogP contribution in [0.15, 0.2) is 4.52 Å². The van der Waals surface area contributed by atoms with Crippen LogP contribution in [0.25, 0.3) is 0 Å². The highest BCUT2D eigenvalue weighted by atomic mass is 16.5. The number of primary amides is 1. The Labute approximate surface area is 129 Å². The lowest BCUT2D eigenvalue weighted by Crippen LogP contribution is -2.45. The number of methoxy groups -OCH3 is 1. The first-order valence-corrected chi connectivity index (χ1v) is 7.73. The summed E-state index contributed by atoms with van der Waals surface area (Å²) in [5.41, 5.74) is 5.15. The van der Waals surface area contributed by atoms with E-state index in [9.17, 15) is 4.79 Å². The second-order valence-electron chi connectivity index (χ2n) is 6.15. The highest BCUT2D eigenvalue weighted by molar-refractivity contribution is 5.88. The first-order chi connectivity index (χ1) is 10.7. The van der Waals surface area contributed by atoms with Gasteiger partial charge in [0.15, 0.2) is 0 Å². The monoisotopic (exact) mass is 309 g/mol. The van der Waals surface area contributed by atoms with Gasteiger partial charge in [-0.25, -0.2) is 0 Å². The molecule has 0 radical (unpaired) electrons. The summed E-state index contributed by atoms with van der Waals surface area (Å²) in [4.78, 5) is 19.9. The SMILES string of the molecule is COCCN1C[C@H]2CC[C@@H]1CN(Cc1nc(C(N)=O)no1)C2. The summed E-state index contributed by atoms with van der Waals surface area (Å²) in [6.07, 6.45) is 2.49. The first kappa shape index (κ1) is 15.4. The second-order valence-corrected chi connectivity index (χ2v) is 6.15. The van der Waals surface area contributed by atoms with Gasteiger partial charge in [0.1, 0.15) is 0 Å². The molecule has 1 aromatic rings. The number of carbonyl (C=O) groups excluding carboxylic acids is 1. The summed E-state index contributed by atoms with van der Waals surface area (Å²) in [6, 6.07) is 0.549. The van der Waals surface area contributed by atoms with E-state index < -0.39 is 5.91 Å². The Kier molecular flexibility index (Phi) is 4.70. The standard InChI is InChI=1S/C14H23N5O3/c1-21-5-4-19-7-10-2-3-11(19)8-18(6-10)9-12-16-14(13(15)20)17-22-12/h10-11H,2-9H2,1H3,(H2,15,20)/t10-,11+/m0/s1. The Balaban J connectivity index is 1.62. The van der Waals surface area contributed by atoms with Crippen molar-refractivity contribution in [1.29, 1.82) is 0 Å². The maximum absolute atomic E-state index is 11.0. The number of amides is 1. The average molecular weight is 309 g/mol. The van der Waals surface area contributed by atoms with Gasteiger partial charge in [-0.15, -0.1) is 0 Å². The smallest absolute Gasteiger partial charge is 0.290 e. The lowest BCUT2D eigenvalue weighted by molar-refractivity contribution is 0.0864. The van der Waals surface area contributed by atoms with Crippen molar-refractivity contribution >= 4 is 5.91 Å². The predicted octanol–water partition coefficient (Wildman–Crippen LogP) is -0.289. The molecule has 1 aromatic heterocycles. The number of nitrogens with two attached hydrogens (primary N) is 1. The number of nitrogens with zero attached hydrogens (tertiary/aromatic N) is 4. The fourth-order valence-corrected chi connectivity index (χ4v) is 3.50. The number of aromatic nitrogens is 2. The lowest BCUT2D eigenvalue weighted by atomic mass is 9.95. The topological polar surface area (TPSA) is 97.7 Å². The van der Waals surface area contributed by atoms with E-state index in [4.69, 9.17) is 15.0 Å². The molecule has 8 nitrogen and oxygen atoms in total. The normalized spacial score (nSPS) is 26.2. The van der Waals surface area contributed by atoms with Gasteiger partial charge >= 0.3 is 0 Å². The largest absolute Gasteiger partial charge is 0.383 e. The van der Waals surface area contributed by atoms with E-state index in [-0.39, 0.29) is 5.82 Å². The molecule has 0 spiro atoms. The van der Waals surface area contributed by atoms with Crippen molar-refractivity contribution in [3.8, 4) is 0 Å². The van der Waals surface area contributed by atoms with Crippen molar-refractivity contribution in [2.45, 2.75) is 25.4 Å². The van der Waals surface area contributed by atoms with Crippen molar-refractivity contribution in [2.24, 2.45) is 11.7 Å². The van der Waals surface area contributed by atoms with Crippen LogP contribution >= 0.6 is 0 Å². The molecule has 3 saturated heterocycles. The van der Waals surface area contributed by atoms with E-state index in [1.54, 1.807) is 7.11 Å². The minimum Gasteiger partial charge on any atom is -0.383 e. The van der Waals surface area contributed by atoms with Gasteiger partial charge in [0, 0.05) is 39.3 Å². The van der Waals surface area contributed by atoms with E-state index in [1.165, 1.54) is 12.8 Å². The Morgan fingerprint density at radius 2 is 2.27 bits per heavy atom. The van der Waals surface area contributed by atoms with Crippen LogP contribution in [0.1, 0.15) is 29.4 Å². The van der Waals surface area contributed by atoms with E-state index >= 15 is 0 Å². The maximum atomic E-state index is 11.0. The first-order valence-electron chi connectivity index (χ1n) is 7.73. The minimum atomic E-state index is -0.656. The molecule has 22 heavy (non-hydrogen) atoms. The van der Waals surface area contributed by atoms with Crippen LogP contribution < -0.4 is 5.73 Å². The molecule has 122 valence electrons. The molecule has 0 unspecified atom stereocenters. The summed E-state index contributed by atoms with van der Waals surface area (Å²) < 4.78 is 10.3. The zero-order valence-corrected chi connectivity index (χ0v) is 12.9. The molecule has 3 fully saturated rings. The number of rotatable bonds is 6. The predicted molar refractivity (Wildman–Crippen MR) is 78.1 cm³/mol. The van der Waals surface area contributed by atoms with Crippen LogP contribution in [0, 0.1) is 5.92 Å². The highest BCUT2D eigenvalue weighted by Crippen LogP contribution is 2.28. The third-order valence-corrected chi connectivity index (χ3v) is 4.53. The average Bonchev–Trinajstić information content (AvgIpc) is 2.79. The van der Waals surface area contributed by atoms with E-state index in [0.717, 1.165) is 32.8 Å². The fourth-order valence-electron chi connectivity index (χ4n) is 3.50. The van der Waals surface area contributed by atoms with Crippen LogP contribution in [0.5, 0.6) is 0 Å². The number of carbonyl (C=O) groups is 1. The number of fused-ring (bicyclic) bond motifs is 4. The summed E-state index contributed by atoms with van der Waals surface area (Å²) in [5.74, 6) is 0.416. The molecular formula is C14H23N5O3. The number of piperidine rings is 1. The summed E-state index contributed by atoms with van der Waals surface area (Å²) >= 11 is 0. The molecular weight excluding hydrogens is 286 g/mol. The maximum Gasteiger partial charge on any atom is 0.290 e. The summed E-state index contributed by atoms with van der Waals surface area (Å²) in [5, 5.41) is 3.60. The van der Waals surface area contributed by atoms with Gasteiger partial charge in [-0.3, -0.25) is 14.6 Å². The van der Waals surface area contributed by atoms with Gasteiger partial charge in [-0.2, -0.15) is 4.98 Å². The van der Waals surface area contributed by atoms with Gasteiger partial charge in [-0.05, 0) is 18.8 Å². The van der Waals surface area contributed by atoms with Crippen molar-refractivity contribution in [2.75, 3.05) is 39.9 Å². The van der Waals surface area contributed by atoms with Gasteiger partial charge in [-0.1, -0.05) is 5.16 Å². The zero-order chi connectivity index (χ0) is 15.5. The Morgan fingerprint density at radius 1 is 1.41 bits per heavy atom. The molecule has 3 aliphatic heterocycles.